The van der Waals surface area contributed by atoms with Crippen LogP contribution in [0.4, 0.5) is 11.8 Å². The van der Waals surface area contributed by atoms with Crippen LogP contribution in [0.3, 0.4) is 0 Å². The molecule has 2 fully saturated rings. The van der Waals surface area contributed by atoms with Crippen molar-refractivity contribution >= 4 is 22.7 Å². The number of pyridine rings is 2. The monoisotopic (exact) mass is 530 g/mol. The zero-order valence-corrected chi connectivity index (χ0v) is 22.4. The van der Waals surface area contributed by atoms with Crippen molar-refractivity contribution in [2.45, 2.75) is 50.7 Å². The molecule has 6 rings (SSSR count). The van der Waals surface area contributed by atoms with Gasteiger partial charge in [-0.05, 0) is 38.7 Å². The van der Waals surface area contributed by atoms with Gasteiger partial charge in [-0.1, -0.05) is 0 Å². The summed E-state index contributed by atoms with van der Waals surface area (Å²) in [5, 5.41) is 0.831. The van der Waals surface area contributed by atoms with Crippen molar-refractivity contribution in [2.24, 2.45) is 7.05 Å². The largest absolute Gasteiger partial charge is 0.483 e. The van der Waals surface area contributed by atoms with Crippen LogP contribution in [0.1, 0.15) is 56.0 Å². The average Bonchev–Trinajstić information content (AvgIpc) is 3.32. The first-order valence-electron chi connectivity index (χ1n) is 13.5. The summed E-state index contributed by atoms with van der Waals surface area (Å²) in [5.41, 5.74) is 8.67. The molecule has 4 aromatic heterocycles. The van der Waals surface area contributed by atoms with Crippen molar-refractivity contribution in [3.05, 3.63) is 54.5 Å². The third-order valence-corrected chi connectivity index (χ3v) is 7.68. The van der Waals surface area contributed by atoms with Gasteiger partial charge in [-0.25, -0.2) is 4.98 Å². The van der Waals surface area contributed by atoms with E-state index in [-0.39, 0.29) is 12.2 Å². The molecular formula is C28H34N8O3. The number of morpholine rings is 1. The van der Waals surface area contributed by atoms with E-state index in [0.717, 1.165) is 66.9 Å². The number of nitrogen functional groups attached to an aromatic ring is 1. The summed E-state index contributed by atoms with van der Waals surface area (Å²) in [4.78, 5) is 24.9. The van der Waals surface area contributed by atoms with E-state index in [1.165, 1.54) is 0 Å². The van der Waals surface area contributed by atoms with Crippen molar-refractivity contribution < 1.29 is 14.2 Å². The molecule has 1 atom stereocenters. The molecule has 0 spiro atoms. The van der Waals surface area contributed by atoms with Gasteiger partial charge in [0.15, 0.2) is 5.95 Å². The normalized spacial score (nSPS) is 20.6. The van der Waals surface area contributed by atoms with Gasteiger partial charge in [0.2, 0.25) is 5.88 Å². The Kier molecular flexibility index (Phi) is 7.14. The van der Waals surface area contributed by atoms with Crippen LogP contribution in [0.25, 0.3) is 10.9 Å². The van der Waals surface area contributed by atoms with Crippen molar-refractivity contribution in [3.63, 3.8) is 0 Å². The van der Waals surface area contributed by atoms with E-state index in [1.54, 1.807) is 24.8 Å². The number of rotatable bonds is 7. The van der Waals surface area contributed by atoms with E-state index >= 15 is 0 Å². The highest BCUT2D eigenvalue weighted by atomic mass is 16.5. The molecule has 1 aliphatic carbocycles. The predicted molar refractivity (Wildman–Crippen MR) is 147 cm³/mol. The third-order valence-electron chi connectivity index (χ3n) is 7.68. The predicted octanol–water partition coefficient (Wildman–Crippen LogP) is 3.82. The first kappa shape index (κ1) is 25.3. The van der Waals surface area contributed by atoms with Crippen LogP contribution in [0.5, 0.6) is 11.6 Å². The summed E-state index contributed by atoms with van der Waals surface area (Å²) < 4.78 is 20.2. The molecule has 0 bridgehead atoms. The molecule has 4 aromatic rings. The van der Waals surface area contributed by atoms with Gasteiger partial charge >= 0.3 is 0 Å². The summed E-state index contributed by atoms with van der Waals surface area (Å²) in [7, 11) is 1.87. The molecule has 0 aromatic carbocycles. The summed E-state index contributed by atoms with van der Waals surface area (Å²) in [5.74, 6) is 2.93. The molecule has 1 saturated carbocycles. The molecule has 1 unspecified atom stereocenters. The Hall–Kier alpha value is -3.99. The lowest BCUT2D eigenvalue weighted by molar-refractivity contribution is 0.122. The lowest BCUT2D eigenvalue weighted by Crippen LogP contribution is -2.36. The van der Waals surface area contributed by atoms with Crippen molar-refractivity contribution in [1.82, 2.24) is 29.5 Å². The number of aromatic nitrogens is 6. The maximum atomic E-state index is 6.62. The highest BCUT2D eigenvalue weighted by molar-refractivity contribution is 5.87. The maximum Gasteiger partial charge on any atom is 0.225 e. The van der Waals surface area contributed by atoms with Gasteiger partial charge in [-0.3, -0.25) is 15.0 Å². The van der Waals surface area contributed by atoms with Crippen molar-refractivity contribution in [3.8, 4) is 11.6 Å². The number of fused-ring (bicyclic) bond motifs is 1. The molecule has 11 heteroatoms. The molecule has 1 aliphatic heterocycles. The number of hydrogen-bond acceptors (Lipinski definition) is 10. The van der Waals surface area contributed by atoms with Gasteiger partial charge in [-0.2, -0.15) is 4.98 Å². The smallest absolute Gasteiger partial charge is 0.225 e. The zero-order valence-electron chi connectivity index (χ0n) is 22.4. The second-order valence-corrected chi connectivity index (χ2v) is 10.2. The van der Waals surface area contributed by atoms with Crippen LogP contribution >= 0.6 is 0 Å². The van der Waals surface area contributed by atoms with E-state index in [2.05, 4.69) is 19.9 Å². The highest BCUT2D eigenvalue weighted by Crippen LogP contribution is 2.36. The van der Waals surface area contributed by atoms with E-state index in [1.807, 2.05) is 36.9 Å². The molecule has 39 heavy (non-hydrogen) atoms. The number of hydrogen-bond donors (Lipinski definition) is 1. The van der Waals surface area contributed by atoms with Gasteiger partial charge in [0.05, 0.1) is 47.9 Å². The Morgan fingerprint density at radius 3 is 2.54 bits per heavy atom. The van der Waals surface area contributed by atoms with Crippen molar-refractivity contribution in [1.29, 1.82) is 0 Å². The molecule has 2 aliphatic rings. The number of nitrogens with zero attached hydrogens (tertiary/aromatic N) is 7. The van der Waals surface area contributed by atoms with Gasteiger partial charge in [0, 0.05) is 50.7 Å². The number of anilines is 2. The third kappa shape index (κ3) is 5.44. The minimum Gasteiger partial charge on any atom is -0.483 e. The second kappa shape index (κ2) is 11.0. The van der Waals surface area contributed by atoms with Crippen LogP contribution in [0, 0.1) is 0 Å². The fraction of sp³-hybridized carbons (Fsp3) is 0.464. The Morgan fingerprint density at radius 1 is 1.00 bits per heavy atom. The zero-order chi connectivity index (χ0) is 26.8. The molecule has 204 valence electrons. The SMILES string of the molecule is CC(Oc1cnc2cc(N3CCOCC3)nc(OC3CCC(c4cnccn4)CC3)c2c1)c1cnc(N)n1C. The first-order valence-corrected chi connectivity index (χ1v) is 13.5. The Morgan fingerprint density at radius 2 is 1.82 bits per heavy atom. The minimum absolute atomic E-state index is 0.0643. The highest BCUT2D eigenvalue weighted by Gasteiger charge is 2.26. The fourth-order valence-electron chi connectivity index (χ4n) is 5.41. The quantitative estimate of drug-likeness (QED) is 0.377. The summed E-state index contributed by atoms with van der Waals surface area (Å²) >= 11 is 0. The Bertz CT molecular complexity index is 1420. The molecule has 11 nitrogen and oxygen atoms in total. The number of ether oxygens (including phenoxy) is 3. The lowest BCUT2D eigenvalue weighted by atomic mass is 9.85. The lowest BCUT2D eigenvalue weighted by Gasteiger charge is -2.30. The van der Waals surface area contributed by atoms with E-state index in [4.69, 9.17) is 29.9 Å². The van der Waals surface area contributed by atoms with Crippen LogP contribution in [-0.4, -0.2) is 61.9 Å². The Balaban J connectivity index is 1.26. The standard InChI is InChI=1S/C28H34N8O3/c1-18(25-17-33-28(29)35(25)2)38-21-13-22-23(32-15-21)14-26(36-9-11-37-12-10-36)34-27(22)39-20-5-3-19(4-6-20)24-16-30-7-8-31-24/h7-8,13-20H,3-6,9-12H2,1-2H3,(H2,29,33). The van der Waals surface area contributed by atoms with Crippen LogP contribution < -0.4 is 20.1 Å². The summed E-state index contributed by atoms with van der Waals surface area (Å²) in [6.45, 7) is 4.90. The molecule has 5 heterocycles. The van der Waals surface area contributed by atoms with Crippen LogP contribution in [0.15, 0.2) is 43.1 Å². The van der Waals surface area contributed by atoms with Gasteiger partial charge in [-0.15, -0.1) is 0 Å². The minimum atomic E-state index is -0.264. The summed E-state index contributed by atoms with van der Waals surface area (Å²) in [6.07, 6.45) is 12.5. The van der Waals surface area contributed by atoms with E-state index in [9.17, 15) is 0 Å². The van der Waals surface area contributed by atoms with Crippen LogP contribution in [0.2, 0.25) is 0 Å². The molecule has 2 N–H and O–H groups in total. The topological polar surface area (TPSA) is 126 Å². The molecule has 1 saturated heterocycles. The van der Waals surface area contributed by atoms with E-state index < -0.39 is 0 Å². The maximum absolute atomic E-state index is 6.62. The average molecular weight is 531 g/mol. The van der Waals surface area contributed by atoms with Gasteiger partial charge < -0.3 is 29.4 Å². The van der Waals surface area contributed by atoms with Crippen molar-refractivity contribution in [2.75, 3.05) is 36.9 Å². The molecule has 0 amide bonds. The Labute approximate surface area is 227 Å². The number of imidazole rings is 1. The first-order chi connectivity index (χ1) is 19.0. The van der Waals surface area contributed by atoms with Gasteiger partial charge in [0.1, 0.15) is 23.8 Å². The molecular weight excluding hydrogens is 496 g/mol. The van der Waals surface area contributed by atoms with Gasteiger partial charge in [0.25, 0.3) is 0 Å². The van der Waals surface area contributed by atoms with Crippen LogP contribution in [-0.2, 0) is 11.8 Å². The van der Waals surface area contributed by atoms with E-state index in [0.29, 0.717) is 36.7 Å². The fourth-order valence-corrected chi connectivity index (χ4v) is 5.41. The number of nitrogens with two attached hydrogens (primary N) is 1. The second-order valence-electron chi connectivity index (χ2n) is 10.2. The molecule has 0 radical (unpaired) electrons. The summed E-state index contributed by atoms with van der Waals surface area (Å²) in [6, 6.07) is 3.99.